The van der Waals surface area contributed by atoms with Crippen molar-refractivity contribution < 1.29 is 13.2 Å². The van der Waals surface area contributed by atoms with Crippen molar-refractivity contribution >= 4 is 31.6 Å². The van der Waals surface area contributed by atoms with Crippen LogP contribution in [0.4, 0.5) is 0 Å². The number of rotatable bonds is 2. The second-order valence-electron chi connectivity index (χ2n) is 7.08. The zero-order valence-corrected chi connectivity index (χ0v) is 14.5. The molecular weight excluding hydrogens is 320 g/mol. The molecule has 2 bridgehead atoms. The first-order valence-corrected chi connectivity index (χ1v) is 9.69. The van der Waals surface area contributed by atoms with Crippen molar-refractivity contribution in [2.45, 2.75) is 38.5 Å². The Hall–Kier alpha value is -1.13. The monoisotopic (exact) mass is 338 g/mol. The molecule has 1 aromatic rings. The van der Waals surface area contributed by atoms with Crippen molar-refractivity contribution in [3.63, 3.8) is 0 Å². The maximum Gasteiger partial charge on any atom is 0.261 e. The molecule has 118 valence electrons. The number of allylic oxidation sites excluding steroid dienone is 1. The predicted molar refractivity (Wildman–Crippen MR) is 87.1 cm³/mol. The molecule has 5 heteroatoms. The molecule has 3 rings (SSSR count). The summed E-state index contributed by atoms with van der Waals surface area (Å²) in [4.78, 5) is 12.8. The van der Waals surface area contributed by atoms with Gasteiger partial charge < -0.3 is 0 Å². The highest BCUT2D eigenvalue weighted by Gasteiger charge is 2.63. The number of carbonyl (C=O) groups excluding carboxylic acids is 1. The number of Topliss-reactive ketones (excluding diaryl/α,β-unsaturated/α-hetero) is 1. The SMILES string of the molecule is CC12CCC(/C(=C\c3ccc(S(=O)(=O)Cl)cc3)C1=O)C2(C)C. The summed E-state index contributed by atoms with van der Waals surface area (Å²) in [5.74, 6) is 0.518. The fourth-order valence-electron chi connectivity index (χ4n) is 4.00. The van der Waals surface area contributed by atoms with Crippen molar-refractivity contribution in [2.24, 2.45) is 16.7 Å². The van der Waals surface area contributed by atoms with E-state index in [1.165, 1.54) is 12.1 Å². The van der Waals surface area contributed by atoms with Gasteiger partial charge in [-0.25, -0.2) is 8.42 Å². The van der Waals surface area contributed by atoms with Crippen molar-refractivity contribution in [2.75, 3.05) is 0 Å². The van der Waals surface area contributed by atoms with E-state index in [0.29, 0.717) is 0 Å². The van der Waals surface area contributed by atoms with E-state index in [9.17, 15) is 13.2 Å². The van der Waals surface area contributed by atoms with Gasteiger partial charge >= 0.3 is 0 Å². The van der Waals surface area contributed by atoms with Crippen LogP contribution < -0.4 is 0 Å². The minimum absolute atomic E-state index is 0.0185. The van der Waals surface area contributed by atoms with Crippen LogP contribution in [-0.2, 0) is 13.8 Å². The molecule has 0 heterocycles. The fraction of sp³-hybridized carbons (Fsp3) is 0.471. The molecule has 0 aromatic heterocycles. The first kappa shape index (κ1) is 15.8. The molecule has 0 aliphatic heterocycles. The van der Waals surface area contributed by atoms with Gasteiger partial charge in [0.05, 0.1) is 4.90 Å². The normalized spacial score (nSPS) is 31.9. The third-order valence-electron chi connectivity index (χ3n) is 5.85. The van der Waals surface area contributed by atoms with Gasteiger partial charge in [0.15, 0.2) is 5.78 Å². The quantitative estimate of drug-likeness (QED) is 0.604. The summed E-state index contributed by atoms with van der Waals surface area (Å²) in [7, 11) is 1.60. The third-order valence-corrected chi connectivity index (χ3v) is 7.22. The van der Waals surface area contributed by atoms with Crippen LogP contribution in [0.5, 0.6) is 0 Å². The van der Waals surface area contributed by atoms with E-state index >= 15 is 0 Å². The van der Waals surface area contributed by atoms with Crippen LogP contribution in [0.25, 0.3) is 6.08 Å². The maximum atomic E-state index is 12.7. The Morgan fingerprint density at radius 2 is 1.77 bits per heavy atom. The van der Waals surface area contributed by atoms with Gasteiger partial charge in [0.1, 0.15) is 0 Å². The molecule has 2 unspecified atom stereocenters. The number of benzene rings is 1. The van der Waals surface area contributed by atoms with Crippen molar-refractivity contribution in [1.29, 1.82) is 0 Å². The lowest BCUT2D eigenvalue weighted by Crippen LogP contribution is -2.32. The molecule has 2 fully saturated rings. The zero-order chi connectivity index (χ0) is 16.3. The lowest BCUT2D eigenvalue weighted by molar-refractivity contribution is -0.125. The summed E-state index contributed by atoms with van der Waals surface area (Å²) in [6.07, 6.45) is 3.89. The van der Waals surface area contributed by atoms with E-state index in [1.54, 1.807) is 12.1 Å². The zero-order valence-electron chi connectivity index (χ0n) is 12.9. The fourth-order valence-corrected chi connectivity index (χ4v) is 4.77. The summed E-state index contributed by atoms with van der Waals surface area (Å²) in [6, 6.07) is 6.33. The Labute approximate surface area is 135 Å². The number of halogens is 1. The molecule has 0 saturated heterocycles. The smallest absolute Gasteiger partial charge is 0.261 e. The summed E-state index contributed by atoms with van der Waals surface area (Å²) in [5, 5.41) is 0. The first-order chi connectivity index (χ1) is 10.1. The third kappa shape index (κ3) is 2.08. The average Bonchev–Trinajstić information content (AvgIpc) is 2.73. The topological polar surface area (TPSA) is 51.2 Å². The molecule has 2 saturated carbocycles. The van der Waals surface area contributed by atoms with Crippen LogP contribution >= 0.6 is 10.7 Å². The van der Waals surface area contributed by atoms with Crippen LogP contribution in [0.2, 0.25) is 0 Å². The number of hydrogen-bond donors (Lipinski definition) is 0. The van der Waals surface area contributed by atoms with Gasteiger partial charge in [-0.1, -0.05) is 32.9 Å². The Kier molecular flexibility index (Phi) is 3.35. The molecule has 0 spiro atoms. The highest BCUT2D eigenvalue weighted by atomic mass is 35.7. The Morgan fingerprint density at radius 3 is 2.23 bits per heavy atom. The van der Waals surface area contributed by atoms with E-state index in [2.05, 4.69) is 20.8 Å². The number of carbonyl (C=O) groups is 1. The molecule has 2 aliphatic carbocycles. The van der Waals surface area contributed by atoms with Gasteiger partial charge in [0.25, 0.3) is 9.05 Å². The molecule has 0 N–H and O–H groups in total. The standard InChI is InChI=1S/C17H19ClO3S/c1-16(2)14-8-9-17(16,3)15(19)13(14)10-11-4-6-12(7-5-11)22(18,20)21/h4-7,10,14H,8-9H2,1-3H3/b13-10+. The number of ketones is 1. The van der Waals surface area contributed by atoms with Gasteiger partial charge in [-0.2, -0.15) is 0 Å². The van der Waals surface area contributed by atoms with Gasteiger partial charge in [-0.15, -0.1) is 0 Å². The second kappa shape index (κ2) is 4.68. The van der Waals surface area contributed by atoms with Crippen molar-refractivity contribution in [3.05, 3.63) is 35.4 Å². The predicted octanol–water partition coefficient (Wildman–Crippen LogP) is 4.02. The van der Waals surface area contributed by atoms with Crippen molar-refractivity contribution in [3.8, 4) is 0 Å². The summed E-state index contributed by atoms with van der Waals surface area (Å²) >= 11 is 0. The van der Waals surface area contributed by atoms with E-state index < -0.39 is 9.05 Å². The van der Waals surface area contributed by atoms with Crippen LogP contribution in [0.3, 0.4) is 0 Å². The number of fused-ring (bicyclic) bond motifs is 2. The lowest BCUT2D eigenvalue weighted by atomic mass is 9.70. The Balaban J connectivity index is 1.99. The molecule has 22 heavy (non-hydrogen) atoms. The van der Waals surface area contributed by atoms with E-state index in [-0.39, 0.29) is 27.4 Å². The summed E-state index contributed by atoms with van der Waals surface area (Å²) in [6.45, 7) is 6.42. The molecule has 2 aliphatic rings. The average molecular weight is 339 g/mol. The largest absolute Gasteiger partial charge is 0.294 e. The van der Waals surface area contributed by atoms with Gasteiger partial charge in [0.2, 0.25) is 0 Å². The van der Waals surface area contributed by atoms with Gasteiger partial charge in [-0.3, -0.25) is 4.79 Å². The second-order valence-corrected chi connectivity index (χ2v) is 9.65. The lowest BCUT2D eigenvalue weighted by Gasteiger charge is -2.31. The van der Waals surface area contributed by atoms with Crippen LogP contribution in [-0.4, -0.2) is 14.2 Å². The van der Waals surface area contributed by atoms with E-state index in [0.717, 1.165) is 24.0 Å². The maximum absolute atomic E-state index is 12.7. The first-order valence-electron chi connectivity index (χ1n) is 7.38. The Bertz CT molecular complexity index is 775. The molecular formula is C17H19ClO3S. The van der Waals surface area contributed by atoms with Crippen LogP contribution in [0.1, 0.15) is 39.2 Å². The molecule has 1 aromatic carbocycles. The van der Waals surface area contributed by atoms with E-state index in [1.807, 2.05) is 6.08 Å². The molecule has 0 amide bonds. The molecule has 2 atom stereocenters. The van der Waals surface area contributed by atoms with Crippen molar-refractivity contribution in [1.82, 2.24) is 0 Å². The van der Waals surface area contributed by atoms with E-state index in [4.69, 9.17) is 10.7 Å². The summed E-state index contributed by atoms with van der Waals surface area (Å²) < 4.78 is 22.5. The van der Waals surface area contributed by atoms with Gasteiger partial charge in [-0.05, 0) is 53.5 Å². The Morgan fingerprint density at radius 1 is 1.18 bits per heavy atom. The minimum atomic E-state index is -3.71. The molecule has 0 radical (unpaired) electrons. The number of hydrogen-bond acceptors (Lipinski definition) is 3. The molecule has 3 nitrogen and oxygen atoms in total. The summed E-state index contributed by atoms with van der Waals surface area (Å²) in [5.41, 5.74) is 1.41. The highest BCUT2D eigenvalue weighted by molar-refractivity contribution is 8.13. The van der Waals surface area contributed by atoms with Crippen LogP contribution in [0, 0.1) is 16.7 Å². The minimum Gasteiger partial charge on any atom is -0.294 e. The van der Waals surface area contributed by atoms with Crippen LogP contribution in [0.15, 0.2) is 34.7 Å². The van der Waals surface area contributed by atoms with Gasteiger partial charge in [0, 0.05) is 16.1 Å². The highest BCUT2D eigenvalue weighted by Crippen LogP contribution is 2.65.